The van der Waals surface area contributed by atoms with Crippen molar-refractivity contribution < 1.29 is 27.4 Å². The summed E-state index contributed by atoms with van der Waals surface area (Å²) in [6.07, 6.45) is 0.875. The fourth-order valence-electron chi connectivity index (χ4n) is 1.56. The zero-order valence-corrected chi connectivity index (χ0v) is 12.3. The average Bonchev–Trinajstić information content (AvgIpc) is 2.37. The van der Waals surface area contributed by atoms with Crippen molar-refractivity contribution in [3.63, 3.8) is 0 Å². The van der Waals surface area contributed by atoms with Crippen LogP contribution in [0.25, 0.3) is 0 Å². The fraction of sp³-hybridized carbons (Fsp3) is 0.417. The number of hydrogen-bond donors (Lipinski definition) is 1. The Balaban J connectivity index is 3.04. The summed E-state index contributed by atoms with van der Waals surface area (Å²) in [7, 11) is -2.25. The molecule has 0 saturated carbocycles. The van der Waals surface area contributed by atoms with E-state index in [-0.39, 0.29) is 10.6 Å². The van der Waals surface area contributed by atoms with Crippen LogP contribution in [0.3, 0.4) is 0 Å². The third-order valence-electron chi connectivity index (χ3n) is 2.60. The number of carboxylic acids is 1. The molecule has 0 fully saturated rings. The first kappa shape index (κ1) is 16.9. The molecule has 0 bridgehead atoms. The maximum atomic E-state index is 13.5. The van der Waals surface area contributed by atoms with Gasteiger partial charge in [0.25, 0.3) is 0 Å². The van der Waals surface area contributed by atoms with Crippen LogP contribution in [0.5, 0.6) is 0 Å². The van der Waals surface area contributed by atoms with E-state index in [9.17, 15) is 17.6 Å². The smallest absolute Gasteiger partial charge is 0.337 e. The van der Waals surface area contributed by atoms with Gasteiger partial charge in [-0.05, 0) is 25.0 Å². The number of ether oxygens (including phenoxy) is 1. The van der Waals surface area contributed by atoms with Crippen molar-refractivity contribution in [2.24, 2.45) is 0 Å². The molecule has 20 heavy (non-hydrogen) atoms. The van der Waals surface area contributed by atoms with E-state index in [0.29, 0.717) is 19.4 Å². The first-order valence-electron chi connectivity index (χ1n) is 5.73. The summed E-state index contributed by atoms with van der Waals surface area (Å²) in [6, 6.07) is 1.61. The molecule has 1 rings (SSSR count). The van der Waals surface area contributed by atoms with Gasteiger partial charge in [0.1, 0.15) is 5.82 Å². The summed E-state index contributed by atoms with van der Waals surface area (Å²) in [5.41, 5.74) is -0.567. The molecule has 112 valence electrons. The van der Waals surface area contributed by atoms with Gasteiger partial charge in [-0.2, -0.15) is 0 Å². The molecular formula is C12H14ClFO5S. The lowest BCUT2D eigenvalue weighted by atomic mass is 10.2. The van der Waals surface area contributed by atoms with Crippen molar-refractivity contribution in [3.05, 3.63) is 28.5 Å². The summed E-state index contributed by atoms with van der Waals surface area (Å²) in [5.74, 6) is -2.76. The maximum absolute atomic E-state index is 13.5. The van der Waals surface area contributed by atoms with Crippen LogP contribution in [-0.2, 0) is 14.6 Å². The molecule has 5 nitrogen and oxygen atoms in total. The van der Waals surface area contributed by atoms with Crippen LogP contribution < -0.4 is 0 Å². The first-order chi connectivity index (χ1) is 9.29. The Morgan fingerprint density at radius 2 is 2.05 bits per heavy atom. The number of unbranched alkanes of at least 4 members (excludes halogenated alkanes) is 1. The highest BCUT2D eigenvalue weighted by Crippen LogP contribution is 2.25. The molecule has 0 spiro atoms. The van der Waals surface area contributed by atoms with Gasteiger partial charge in [-0.1, -0.05) is 11.6 Å². The third kappa shape index (κ3) is 4.16. The average molecular weight is 325 g/mol. The molecule has 0 heterocycles. The van der Waals surface area contributed by atoms with Crippen molar-refractivity contribution in [3.8, 4) is 0 Å². The van der Waals surface area contributed by atoms with E-state index in [4.69, 9.17) is 21.4 Å². The molecule has 0 aliphatic heterocycles. The number of benzene rings is 1. The normalized spacial score (nSPS) is 11.6. The van der Waals surface area contributed by atoms with Gasteiger partial charge in [0, 0.05) is 13.7 Å². The lowest BCUT2D eigenvalue weighted by Crippen LogP contribution is -2.10. The Morgan fingerprint density at radius 3 is 2.60 bits per heavy atom. The molecule has 1 N–H and O–H groups in total. The van der Waals surface area contributed by atoms with E-state index in [1.807, 2.05) is 0 Å². The van der Waals surface area contributed by atoms with E-state index < -0.39 is 32.2 Å². The molecule has 0 aromatic heterocycles. The second kappa shape index (κ2) is 7.01. The third-order valence-corrected chi connectivity index (χ3v) is 4.77. The Kier molecular flexibility index (Phi) is 5.91. The monoisotopic (exact) mass is 324 g/mol. The second-order valence-electron chi connectivity index (χ2n) is 4.09. The molecule has 0 saturated heterocycles. The highest BCUT2D eigenvalue weighted by atomic mass is 35.5. The maximum Gasteiger partial charge on any atom is 0.337 e. The predicted molar refractivity (Wildman–Crippen MR) is 71.5 cm³/mol. The first-order valence-corrected chi connectivity index (χ1v) is 7.76. The molecule has 1 aromatic carbocycles. The summed E-state index contributed by atoms with van der Waals surface area (Å²) in [4.78, 5) is 10.5. The van der Waals surface area contributed by atoms with Crippen LogP contribution in [0.1, 0.15) is 23.2 Å². The van der Waals surface area contributed by atoms with Crippen LogP contribution in [0, 0.1) is 5.82 Å². The van der Waals surface area contributed by atoms with Crippen molar-refractivity contribution in [1.82, 2.24) is 0 Å². The van der Waals surface area contributed by atoms with Gasteiger partial charge in [0.05, 0.1) is 21.2 Å². The van der Waals surface area contributed by atoms with Crippen LogP contribution in [-0.4, -0.2) is 39.0 Å². The van der Waals surface area contributed by atoms with E-state index in [1.165, 1.54) is 7.11 Å². The van der Waals surface area contributed by atoms with Crippen LogP contribution >= 0.6 is 11.6 Å². The fourth-order valence-corrected chi connectivity index (χ4v) is 3.15. The van der Waals surface area contributed by atoms with Gasteiger partial charge >= 0.3 is 5.97 Å². The van der Waals surface area contributed by atoms with Crippen LogP contribution in [0.2, 0.25) is 5.02 Å². The standard InChI is InChI=1S/C12H14ClFO5S/c1-19-4-2-3-5-20(17,18)8-6-9(12(15)16)11(13)10(14)7-8/h6-7H,2-5H2,1H3,(H,15,16). The van der Waals surface area contributed by atoms with Gasteiger partial charge < -0.3 is 9.84 Å². The Morgan fingerprint density at radius 1 is 1.40 bits per heavy atom. The van der Waals surface area contributed by atoms with E-state index in [0.717, 1.165) is 12.1 Å². The van der Waals surface area contributed by atoms with Gasteiger partial charge in [-0.25, -0.2) is 17.6 Å². The Bertz CT molecular complexity index is 600. The lowest BCUT2D eigenvalue weighted by molar-refractivity contribution is 0.0696. The number of carboxylic acid groups (broad SMARTS) is 1. The number of aromatic carboxylic acids is 1. The van der Waals surface area contributed by atoms with Crippen molar-refractivity contribution >= 4 is 27.4 Å². The largest absolute Gasteiger partial charge is 0.478 e. The SMILES string of the molecule is COCCCCS(=O)(=O)c1cc(F)c(Cl)c(C(=O)O)c1. The molecule has 1 aromatic rings. The molecule has 0 unspecified atom stereocenters. The minimum Gasteiger partial charge on any atom is -0.478 e. The van der Waals surface area contributed by atoms with Gasteiger partial charge in [-0.3, -0.25) is 0 Å². The molecule has 0 atom stereocenters. The molecule has 8 heteroatoms. The van der Waals surface area contributed by atoms with Gasteiger partial charge in [0.2, 0.25) is 0 Å². The topological polar surface area (TPSA) is 80.7 Å². The Labute approximate surface area is 121 Å². The van der Waals surface area contributed by atoms with E-state index in [2.05, 4.69) is 0 Å². The van der Waals surface area contributed by atoms with Crippen LogP contribution in [0.4, 0.5) is 4.39 Å². The number of hydrogen-bond acceptors (Lipinski definition) is 4. The molecule has 0 radical (unpaired) electrons. The van der Waals surface area contributed by atoms with E-state index >= 15 is 0 Å². The summed E-state index contributed by atoms with van der Waals surface area (Å²) in [5, 5.41) is 8.26. The van der Waals surface area contributed by atoms with Crippen molar-refractivity contribution in [2.75, 3.05) is 19.5 Å². The van der Waals surface area contributed by atoms with Crippen molar-refractivity contribution in [1.29, 1.82) is 0 Å². The Hall–Kier alpha value is -1.18. The van der Waals surface area contributed by atoms with Crippen molar-refractivity contribution in [2.45, 2.75) is 17.7 Å². The van der Waals surface area contributed by atoms with Gasteiger partial charge in [0.15, 0.2) is 9.84 Å². The highest BCUT2D eigenvalue weighted by molar-refractivity contribution is 7.91. The second-order valence-corrected chi connectivity index (χ2v) is 6.58. The van der Waals surface area contributed by atoms with E-state index in [1.54, 1.807) is 0 Å². The summed E-state index contributed by atoms with van der Waals surface area (Å²) >= 11 is 5.49. The number of rotatable bonds is 7. The molecular weight excluding hydrogens is 311 g/mol. The lowest BCUT2D eigenvalue weighted by Gasteiger charge is -2.07. The number of sulfone groups is 1. The zero-order valence-electron chi connectivity index (χ0n) is 10.7. The molecule has 0 amide bonds. The summed E-state index contributed by atoms with van der Waals surface area (Å²) in [6.45, 7) is 0.422. The predicted octanol–water partition coefficient (Wildman–Crippen LogP) is 2.38. The number of methoxy groups -OCH3 is 1. The minimum absolute atomic E-state index is 0.212. The zero-order chi connectivity index (χ0) is 15.3. The molecule has 0 aliphatic rings. The quantitative estimate of drug-likeness (QED) is 0.779. The number of halogens is 2. The van der Waals surface area contributed by atoms with Gasteiger partial charge in [-0.15, -0.1) is 0 Å². The minimum atomic E-state index is -3.75. The molecule has 0 aliphatic carbocycles. The number of carbonyl (C=O) groups is 1. The highest BCUT2D eigenvalue weighted by Gasteiger charge is 2.21. The summed E-state index contributed by atoms with van der Waals surface area (Å²) < 4.78 is 42.3. The van der Waals surface area contributed by atoms with Crippen LogP contribution in [0.15, 0.2) is 17.0 Å².